The van der Waals surface area contributed by atoms with Crippen molar-refractivity contribution in [1.29, 1.82) is 0 Å². The van der Waals surface area contributed by atoms with Gasteiger partial charge in [0.25, 0.3) is 0 Å². The molecule has 4 heteroatoms. The predicted octanol–water partition coefficient (Wildman–Crippen LogP) is 12.3. The second kappa shape index (κ2) is 11.8. The van der Waals surface area contributed by atoms with Crippen molar-refractivity contribution in [1.82, 2.24) is 19.5 Å². The fraction of sp³-hybridized carbons (Fsp3) is 0.0192. The predicted molar refractivity (Wildman–Crippen MR) is 227 cm³/mol. The topological polar surface area (TPSA) is 43.6 Å². The van der Waals surface area contributed by atoms with Gasteiger partial charge in [0.05, 0.1) is 16.4 Å². The van der Waals surface area contributed by atoms with Crippen LogP contribution >= 0.6 is 0 Å². The molecule has 2 aromatic heterocycles. The summed E-state index contributed by atoms with van der Waals surface area (Å²) in [4.78, 5) is 15.2. The van der Waals surface area contributed by atoms with E-state index in [1.807, 2.05) is 60.7 Å². The molecule has 56 heavy (non-hydrogen) atoms. The summed E-state index contributed by atoms with van der Waals surface area (Å²) in [6.45, 7) is 0. The second-order valence-electron chi connectivity index (χ2n) is 14.7. The van der Waals surface area contributed by atoms with E-state index in [4.69, 9.17) is 15.0 Å². The van der Waals surface area contributed by atoms with Crippen LogP contribution in [0.4, 0.5) is 0 Å². The van der Waals surface area contributed by atoms with Crippen LogP contribution in [0.3, 0.4) is 0 Å². The minimum Gasteiger partial charge on any atom is -0.278 e. The number of fused-ring (bicyclic) bond motifs is 13. The molecule has 0 saturated heterocycles. The van der Waals surface area contributed by atoms with E-state index in [2.05, 4.69) is 138 Å². The lowest BCUT2D eigenvalue weighted by molar-refractivity contribution is 0.794. The van der Waals surface area contributed by atoms with Crippen molar-refractivity contribution < 1.29 is 0 Å². The molecule has 1 spiro atoms. The zero-order valence-electron chi connectivity index (χ0n) is 30.3. The summed E-state index contributed by atoms with van der Waals surface area (Å²) >= 11 is 0. The Hall–Kier alpha value is -7.43. The third-order valence-electron chi connectivity index (χ3n) is 11.9. The van der Waals surface area contributed by atoms with E-state index < -0.39 is 0 Å². The lowest BCUT2D eigenvalue weighted by Crippen LogP contribution is -2.25. The van der Waals surface area contributed by atoms with E-state index >= 15 is 0 Å². The number of aromatic nitrogens is 4. The monoisotopic (exact) mass is 712 g/mol. The van der Waals surface area contributed by atoms with Gasteiger partial charge in [-0.05, 0) is 79.9 Å². The number of hydrogen-bond donors (Lipinski definition) is 0. The molecule has 10 aromatic rings. The molecule has 0 saturated carbocycles. The maximum atomic E-state index is 5.12. The first kappa shape index (κ1) is 31.0. The first-order valence-corrected chi connectivity index (χ1v) is 19.1. The molecule has 8 aromatic carbocycles. The van der Waals surface area contributed by atoms with Crippen LogP contribution in [-0.2, 0) is 5.41 Å². The lowest BCUT2D eigenvalue weighted by Gasteiger charge is -2.30. The minimum absolute atomic E-state index is 0.350. The summed E-state index contributed by atoms with van der Waals surface area (Å²) in [5.41, 5.74) is 16.6. The highest BCUT2D eigenvalue weighted by Crippen LogP contribution is 2.63. The summed E-state index contributed by atoms with van der Waals surface area (Å²) in [6, 6.07) is 69.7. The molecule has 4 nitrogen and oxygen atoms in total. The van der Waals surface area contributed by atoms with Crippen molar-refractivity contribution in [2.75, 3.05) is 0 Å². The van der Waals surface area contributed by atoms with Gasteiger partial charge in [-0.2, -0.15) is 9.97 Å². The maximum Gasteiger partial charge on any atom is 0.238 e. The molecule has 0 bridgehead atoms. The molecular weight excluding hydrogens is 681 g/mol. The van der Waals surface area contributed by atoms with E-state index in [0.717, 1.165) is 32.9 Å². The molecule has 2 aliphatic carbocycles. The summed E-state index contributed by atoms with van der Waals surface area (Å²) in [5.74, 6) is 1.87. The van der Waals surface area contributed by atoms with Gasteiger partial charge in [-0.25, -0.2) is 4.98 Å². The molecule has 12 rings (SSSR count). The molecule has 0 N–H and O–H groups in total. The van der Waals surface area contributed by atoms with Crippen LogP contribution in [0, 0.1) is 0 Å². The Morgan fingerprint density at radius 1 is 0.321 bits per heavy atom. The summed E-state index contributed by atoms with van der Waals surface area (Å²) in [6.07, 6.45) is 0. The van der Waals surface area contributed by atoms with Crippen molar-refractivity contribution in [2.24, 2.45) is 0 Å². The van der Waals surface area contributed by atoms with Crippen molar-refractivity contribution in [3.63, 3.8) is 0 Å². The van der Waals surface area contributed by atoms with E-state index in [1.165, 1.54) is 55.6 Å². The van der Waals surface area contributed by atoms with Crippen molar-refractivity contribution in [3.05, 3.63) is 216 Å². The highest BCUT2D eigenvalue weighted by Gasteiger charge is 2.51. The zero-order valence-corrected chi connectivity index (χ0v) is 30.3. The summed E-state index contributed by atoms with van der Waals surface area (Å²) in [7, 11) is 0. The normalized spacial score (nSPS) is 13.1. The molecule has 0 fully saturated rings. The highest BCUT2D eigenvalue weighted by molar-refractivity contribution is 6.10. The van der Waals surface area contributed by atoms with Crippen LogP contribution in [0.25, 0.3) is 83.9 Å². The van der Waals surface area contributed by atoms with Crippen molar-refractivity contribution in [2.45, 2.75) is 5.41 Å². The van der Waals surface area contributed by atoms with Crippen molar-refractivity contribution >= 4 is 21.8 Å². The molecule has 0 radical (unpaired) electrons. The number of benzene rings is 8. The lowest BCUT2D eigenvalue weighted by atomic mass is 9.70. The first-order valence-electron chi connectivity index (χ1n) is 19.1. The zero-order chi connectivity index (χ0) is 36.8. The average molecular weight is 713 g/mol. The van der Waals surface area contributed by atoms with Crippen LogP contribution in [0.15, 0.2) is 194 Å². The smallest absolute Gasteiger partial charge is 0.238 e. The maximum absolute atomic E-state index is 5.12. The molecular formula is C52H32N4. The van der Waals surface area contributed by atoms with E-state index in [9.17, 15) is 0 Å². The first-order chi connectivity index (χ1) is 27.8. The third kappa shape index (κ3) is 4.27. The average Bonchev–Trinajstić information content (AvgIpc) is 3.88. The second-order valence-corrected chi connectivity index (χ2v) is 14.7. The van der Waals surface area contributed by atoms with Gasteiger partial charge in [-0.15, -0.1) is 0 Å². The Labute approximate surface area is 324 Å². The number of nitrogens with zero attached hydrogens (tertiary/aromatic N) is 4. The largest absolute Gasteiger partial charge is 0.278 e. The Balaban J connectivity index is 1.05. The molecule has 0 atom stereocenters. The summed E-state index contributed by atoms with van der Waals surface area (Å²) < 4.78 is 2.19. The van der Waals surface area contributed by atoms with E-state index in [-0.39, 0.29) is 5.41 Å². The van der Waals surface area contributed by atoms with Gasteiger partial charge in [0, 0.05) is 21.9 Å². The number of hydrogen-bond acceptors (Lipinski definition) is 3. The molecule has 2 heterocycles. The standard InChI is InChI=1S/C52H32N4/c1-3-15-33(16-4-1)49-53-50(34-17-5-2-6-18-34)55-51(54-49)56-47-26-14-10-22-40(47)42-32-36(28-30-48(42)56)35-27-29-46-41(31-35)39-21-9-13-25-45(39)52(46)43-23-11-7-19-37(43)38-20-8-12-24-44(38)52/h1-32H. The minimum atomic E-state index is -0.350. The van der Waals surface area contributed by atoms with E-state index in [0.29, 0.717) is 17.6 Å². The van der Waals surface area contributed by atoms with Gasteiger partial charge in [-0.1, -0.05) is 170 Å². The van der Waals surface area contributed by atoms with Crippen LogP contribution in [0.1, 0.15) is 22.3 Å². The highest BCUT2D eigenvalue weighted by atomic mass is 15.2. The van der Waals surface area contributed by atoms with Crippen LogP contribution in [0.5, 0.6) is 0 Å². The fourth-order valence-electron chi connectivity index (χ4n) is 9.54. The fourth-order valence-corrected chi connectivity index (χ4v) is 9.54. The number of para-hydroxylation sites is 1. The Bertz CT molecular complexity index is 3090. The van der Waals surface area contributed by atoms with Gasteiger partial charge in [0.2, 0.25) is 5.95 Å². The van der Waals surface area contributed by atoms with Crippen LogP contribution < -0.4 is 0 Å². The van der Waals surface area contributed by atoms with Gasteiger partial charge in [-0.3, -0.25) is 4.57 Å². The van der Waals surface area contributed by atoms with Gasteiger partial charge >= 0.3 is 0 Å². The Morgan fingerprint density at radius 2 is 0.786 bits per heavy atom. The van der Waals surface area contributed by atoms with Gasteiger partial charge in [0.1, 0.15) is 0 Å². The molecule has 0 unspecified atom stereocenters. The van der Waals surface area contributed by atoms with Crippen LogP contribution in [-0.4, -0.2) is 19.5 Å². The van der Waals surface area contributed by atoms with E-state index in [1.54, 1.807) is 0 Å². The van der Waals surface area contributed by atoms with Crippen LogP contribution in [0.2, 0.25) is 0 Å². The Kier molecular flexibility index (Phi) is 6.52. The quantitative estimate of drug-likeness (QED) is 0.182. The molecule has 0 aliphatic heterocycles. The number of rotatable bonds is 4. The Morgan fingerprint density at radius 3 is 1.41 bits per heavy atom. The summed E-state index contributed by atoms with van der Waals surface area (Å²) in [5, 5.41) is 2.30. The van der Waals surface area contributed by atoms with Gasteiger partial charge in [0.15, 0.2) is 11.6 Å². The van der Waals surface area contributed by atoms with Crippen molar-refractivity contribution in [3.8, 4) is 62.1 Å². The third-order valence-corrected chi connectivity index (χ3v) is 11.9. The molecule has 0 amide bonds. The SMILES string of the molecule is c1ccc(-c2nc(-c3ccccc3)nc(-n3c4ccccc4c4cc(-c5ccc6c(c5)-c5ccccc5C65c6ccccc6-c6ccccc65)ccc43)n2)cc1. The molecule has 2 aliphatic rings. The van der Waals surface area contributed by atoms with Gasteiger partial charge < -0.3 is 0 Å². The molecule has 260 valence electrons.